The van der Waals surface area contributed by atoms with Crippen LogP contribution in [0.2, 0.25) is 0 Å². The molecule has 0 aliphatic rings. The first-order chi connectivity index (χ1) is 12.1. The lowest BCUT2D eigenvalue weighted by Crippen LogP contribution is -2.33. The fourth-order valence-electron chi connectivity index (χ4n) is 2.16. The molecule has 8 heteroatoms. The number of aromatic nitrogens is 4. The van der Waals surface area contributed by atoms with Crippen LogP contribution >= 0.6 is 0 Å². The summed E-state index contributed by atoms with van der Waals surface area (Å²) in [6.07, 6.45) is 0. The van der Waals surface area contributed by atoms with Gasteiger partial charge in [-0.15, -0.1) is 0 Å². The first kappa shape index (κ1) is 16.6. The van der Waals surface area contributed by atoms with E-state index in [0.717, 1.165) is 11.3 Å². The van der Waals surface area contributed by atoms with E-state index < -0.39 is 12.0 Å². The maximum absolute atomic E-state index is 10.9. The van der Waals surface area contributed by atoms with E-state index in [-0.39, 0.29) is 6.01 Å². The lowest BCUT2D eigenvalue weighted by atomic mass is 10.2. The van der Waals surface area contributed by atoms with Gasteiger partial charge in [0.05, 0.1) is 5.69 Å². The molecule has 1 unspecified atom stereocenters. The van der Waals surface area contributed by atoms with Crippen molar-refractivity contribution in [2.24, 2.45) is 0 Å². The SMILES string of the molecule is CC(NCc1cccc(Oc2nnnn2-c2ccccc2)c1)C(=O)O. The Labute approximate surface area is 144 Å². The van der Waals surface area contributed by atoms with E-state index in [2.05, 4.69) is 20.8 Å². The third-order valence-electron chi connectivity index (χ3n) is 3.53. The molecule has 0 spiro atoms. The van der Waals surface area contributed by atoms with Crippen LogP contribution in [0.3, 0.4) is 0 Å². The molecule has 0 bridgehead atoms. The van der Waals surface area contributed by atoms with Crippen LogP contribution in [0, 0.1) is 0 Å². The normalized spacial score (nSPS) is 11.9. The second kappa shape index (κ2) is 7.54. The second-order valence-electron chi connectivity index (χ2n) is 5.40. The third kappa shape index (κ3) is 4.18. The Hall–Kier alpha value is -3.26. The zero-order valence-electron chi connectivity index (χ0n) is 13.5. The minimum atomic E-state index is -0.894. The fourth-order valence-corrected chi connectivity index (χ4v) is 2.16. The summed E-state index contributed by atoms with van der Waals surface area (Å²) in [7, 11) is 0. The van der Waals surface area contributed by atoms with E-state index >= 15 is 0 Å². The quantitative estimate of drug-likeness (QED) is 0.679. The number of para-hydroxylation sites is 1. The van der Waals surface area contributed by atoms with Gasteiger partial charge in [-0.1, -0.05) is 35.4 Å². The molecular weight excluding hydrogens is 322 g/mol. The first-order valence-corrected chi connectivity index (χ1v) is 7.70. The molecule has 0 aliphatic heterocycles. The number of ether oxygens (including phenoxy) is 1. The Bertz CT molecular complexity index is 850. The van der Waals surface area contributed by atoms with E-state index in [4.69, 9.17) is 9.84 Å². The van der Waals surface area contributed by atoms with Gasteiger partial charge >= 0.3 is 12.0 Å². The molecule has 0 aliphatic carbocycles. The molecule has 1 atom stereocenters. The van der Waals surface area contributed by atoms with Crippen LogP contribution in [0.5, 0.6) is 11.8 Å². The molecule has 0 amide bonds. The maximum Gasteiger partial charge on any atom is 0.345 e. The molecule has 0 radical (unpaired) electrons. The van der Waals surface area contributed by atoms with Gasteiger partial charge in [-0.25, -0.2) is 0 Å². The number of rotatable bonds is 7. The highest BCUT2D eigenvalue weighted by Crippen LogP contribution is 2.22. The molecule has 8 nitrogen and oxygen atoms in total. The van der Waals surface area contributed by atoms with Gasteiger partial charge in [0.25, 0.3) is 0 Å². The number of carboxylic acids is 1. The average Bonchev–Trinajstić information content (AvgIpc) is 3.08. The highest BCUT2D eigenvalue weighted by Gasteiger charge is 2.12. The Morgan fingerprint density at radius 3 is 2.80 bits per heavy atom. The largest absolute Gasteiger partial charge is 0.480 e. The van der Waals surface area contributed by atoms with Gasteiger partial charge in [0.15, 0.2) is 0 Å². The minimum Gasteiger partial charge on any atom is -0.480 e. The van der Waals surface area contributed by atoms with Crippen LogP contribution in [-0.4, -0.2) is 37.3 Å². The lowest BCUT2D eigenvalue weighted by molar-refractivity contribution is -0.139. The molecule has 1 heterocycles. The van der Waals surface area contributed by atoms with Crippen LogP contribution in [0.25, 0.3) is 5.69 Å². The van der Waals surface area contributed by atoms with Gasteiger partial charge in [-0.2, -0.15) is 4.68 Å². The lowest BCUT2D eigenvalue weighted by Gasteiger charge is -2.10. The van der Waals surface area contributed by atoms with Gasteiger partial charge < -0.3 is 15.2 Å². The summed E-state index contributed by atoms with van der Waals surface area (Å²) in [4.78, 5) is 10.9. The summed E-state index contributed by atoms with van der Waals surface area (Å²) >= 11 is 0. The number of aliphatic carboxylic acids is 1. The van der Waals surface area contributed by atoms with Gasteiger partial charge in [-0.05, 0) is 47.2 Å². The first-order valence-electron chi connectivity index (χ1n) is 7.70. The summed E-state index contributed by atoms with van der Waals surface area (Å²) in [6.45, 7) is 2.00. The average molecular weight is 339 g/mol. The molecule has 3 rings (SSSR count). The number of tetrazole rings is 1. The summed E-state index contributed by atoms with van der Waals surface area (Å²) in [5.74, 6) is -0.330. The van der Waals surface area contributed by atoms with Crippen LogP contribution < -0.4 is 10.1 Å². The van der Waals surface area contributed by atoms with Crippen molar-refractivity contribution in [3.05, 3.63) is 60.2 Å². The number of nitrogens with zero attached hydrogens (tertiary/aromatic N) is 4. The molecule has 1 aromatic heterocycles. The van der Waals surface area contributed by atoms with Crippen molar-refractivity contribution in [3.8, 4) is 17.4 Å². The van der Waals surface area contributed by atoms with Gasteiger partial charge in [-0.3, -0.25) is 4.79 Å². The highest BCUT2D eigenvalue weighted by molar-refractivity contribution is 5.72. The smallest absolute Gasteiger partial charge is 0.345 e. The molecule has 0 saturated carbocycles. The Morgan fingerprint density at radius 2 is 2.04 bits per heavy atom. The molecule has 25 heavy (non-hydrogen) atoms. The van der Waals surface area contributed by atoms with E-state index in [1.165, 1.54) is 4.68 Å². The van der Waals surface area contributed by atoms with Crippen molar-refractivity contribution >= 4 is 5.97 Å². The van der Waals surface area contributed by atoms with Crippen molar-refractivity contribution in [3.63, 3.8) is 0 Å². The molecule has 128 valence electrons. The summed E-state index contributed by atoms with van der Waals surface area (Å²) < 4.78 is 7.28. The second-order valence-corrected chi connectivity index (χ2v) is 5.40. The molecular formula is C17H17N5O3. The van der Waals surface area contributed by atoms with Gasteiger partial charge in [0.1, 0.15) is 11.8 Å². The van der Waals surface area contributed by atoms with Crippen LogP contribution in [0.4, 0.5) is 0 Å². The zero-order valence-corrected chi connectivity index (χ0v) is 13.5. The maximum atomic E-state index is 10.9. The highest BCUT2D eigenvalue weighted by atomic mass is 16.5. The van der Waals surface area contributed by atoms with Crippen molar-refractivity contribution in [2.75, 3.05) is 0 Å². The zero-order chi connectivity index (χ0) is 17.6. The van der Waals surface area contributed by atoms with Gasteiger partial charge in [0, 0.05) is 6.54 Å². The number of hydrogen-bond acceptors (Lipinski definition) is 6. The van der Waals surface area contributed by atoms with E-state index in [0.29, 0.717) is 12.3 Å². The van der Waals surface area contributed by atoms with Crippen molar-refractivity contribution < 1.29 is 14.6 Å². The number of carbonyl (C=O) groups is 1. The number of benzene rings is 2. The fraction of sp³-hybridized carbons (Fsp3) is 0.176. The summed E-state index contributed by atoms with van der Waals surface area (Å²) in [6, 6.07) is 16.3. The monoisotopic (exact) mass is 339 g/mol. The molecule has 0 fully saturated rings. The molecule has 2 N–H and O–H groups in total. The van der Waals surface area contributed by atoms with Crippen LogP contribution in [0.15, 0.2) is 54.6 Å². The predicted octanol–water partition coefficient (Wildman–Crippen LogP) is 2.02. The minimum absolute atomic E-state index is 0.246. The number of hydrogen-bond donors (Lipinski definition) is 2. The van der Waals surface area contributed by atoms with Crippen LogP contribution in [0.1, 0.15) is 12.5 Å². The molecule has 3 aromatic rings. The Kier molecular flexibility index (Phi) is 5.00. The number of carboxylic acid groups (broad SMARTS) is 1. The van der Waals surface area contributed by atoms with Crippen molar-refractivity contribution in [2.45, 2.75) is 19.5 Å². The predicted molar refractivity (Wildman–Crippen MR) is 89.6 cm³/mol. The molecule has 0 saturated heterocycles. The van der Waals surface area contributed by atoms with Crippen LogP contribution in [-0.2, 0) is 11.3 Å². The van der Waals surface area contributed by atoms with Crippen molar-refractivity contribution in [1.82, 2.24) is 25.5 Å². The number of nitrogens with one attached hydrogen (secondary N) is 1. The Balaban J connectivity index is 1.73. The topological polar surface area (TPSA) is 102 Å². The van der Waals surface area contributed by atoms with Gasteiger partial charge in [0.2, 0.25) is 0 Å². The van der Waals surface area contributed by atoms with E-state index in [9.17, 15) is 4.79 Å². The third-order valence-corrected chi connectivity index (χ3v) is 3.53. The van der Waals surface area contributed by atoms with Crippen molar-refractivity contribution in [1.29, 1.82) is 0 Å². The van der Waals surface area contributed by atoms with E-state index in [1.54, 1.807) is 13.0 Å². The summed E-state index contributed by atoms with van der Waals surface area (Å²) in [5, 5.41) is 23.3. The van der Waals surface area contributed by atoms with E-state index in [1.807, 2.05) is 48.5 Å². The molecule has 2 aromatic carbocycles. The standard InChI is InChI=1S/C17H17N5O3/c1-12(16(23)24)18-11-13-6-5-9-15(10-13)25-17-19-20-21-22(17)14-7-3-2-4-8-14/h2-10,12,18H,11H2,1H3,(H,23,24). The Morgan fingerprint density at radius 1 is 1.24 bits per heavy atom. The summed E-state index contributed by atoms with van der Waals surface area (Å²) in [5.41, 5.74) is 1.68.